The summed E-state index contributed by atoms with van der Waals surface area (Å²) in [5.74, 6) is -2.09. The van der Waals surface area contributed by atoms with Crippen molar-refractivity contribution in [2.45, 2.75) is 19.9 Å². The van der Waals surface area contributed by atoms with E-state index < -0.39 is 17.5 Å². The lowest BCUT2D eigenvalue weighted by molar-refractivity contribution is 0.0935. The van der Waals surface area contributed by atoms with E-state index in [0.29, 0.717) is 0 Å². The first-order valence-corrected chi connectivity index (χ1v) is 7.19. The van der Waals surface area contributed by atoms with Gasteiger partial charge in [0, 0.05) is 10.5 Å². The van der Waals surface area contributed by atoms with Gasteiger partial charge in [0.2, 0.25) is 0 Å². The van der Waals surface area contributed by atoms with Crippen LogP contribution >= 0.6 is 15.9 Å². The highest BCUT2D eigenvalue weighted by Gasteiger charge is 2.17. The molecule has 0 heterocycles. The highest BCUT2D eigenvalue weighted by atomic mass is 79.9. The molecule has 0 aromatic heterocycles. The summed E-state index contributed by atoms with van der Waals surface area (Å²) in [5, 5.41) is 2.70. The smallest absolute Gasteiger partial charge is 0.254 e. The minimum Gasteiger partial charge on any atom is -0.345 e. The fraction of sp³-hybridized carbons (Fsp3) is 0.188. The van der Waals surface area contributed by atoms with Crippen LogP contribution < -0.4 is 5.32 Å². The number of hydrogen-bond acceptors (Lipinski definition) is 1. The predicted octanol–water partition coefficient (Wildman–Crippen LogP) is 4.53. The standard InChI is InChI=1S/C16H14BrF2NO/c1-9-6-13(15(19)8-14(9)18)16(21)20-10(2)11-4-3-5-12(17)7-11/h3-8,10H,1-2H3,(H,20,21). The lowest BCUT2D eigenvalue weighted by atomic mass is 10.1. The molecule has 0 aliphatic heterocycles. The zero-order valence-electron chi connectivity index (χ0n) is 11.6. The maximum Gasteiger partial charge on any atom is 0.254 e. The van der Waals surface area contributed by atoms with Gasteiger partial charge in [-0.15, -0.1) is 0 Å². The third-order valence-electron chi connectivity index (χ3n) is 3.19. The molecule has 2 aromatic rings. The molecular weight excluding hydrogens is 340 g/mol. The van der Waals surface area contributed by atoms with Gasteiger partial charge in [-0.25, -0.2) is 8.78 Å². The van der Waals surface area contributed by atoms with Crippen LogP contribution in [0.3, 0.4) is 0 Å². The first-order valence-electron chi connectivity index (χ1n) is 6.40. The summed E-state index contributed by atoms with van der Waals surface area (Å²) in [7, 11) is 0. The van der Waals surface area contributed by atoms with Crippen LogP contribution in [0.1, 0.15) is 34.5 Å². The van der Waals surface area contributed by atoms with E-state index in [-0.39, 0.29) is 17.2 Å². The fourth-order valence-corrected chi connectivity index (χ4v) is 2.38. The second kappa shape index (κ2) is 6.35. The number of carbonyl (C=O) groups is 1. The van der Waals surface area contributed by atoms with E-state index >= 15 is 0 Å². The molecule has 0 aliphatic rings. The molecule has 1 N–H and O–H groups in total. The van der Waals surface area contributed by atoms with Gasteiger partial charge >= 0.3 is 0 Å². The Morgan fingerprint density at radius 1 is 1.19 bits per heavy atom. The Labute approximate surface area is 130 Å². The van der Waals surface area contributed by atoms with Crippen molar-refractivity contribution < 1.29 is 13.6 Å². The van der Waals surface area contributed by atoms with Crippen molar-refractivity contribution in [1.29, 1.82) is 0 Å². The summed E-state index contributed by atoms with van der Waals surface area (Å²) < 4.78 is 27.8. The number of amides is 1. The zero-order valence-corrected chi connectivity index (χ0v) is 13.2. The van der Waals surface area contributed by atoms with E-state index in [2.05, 4.69) is 21.2 Å². The van der Waals surface area contributed by atoms with Crippen molar-refractivity contribution in [1.82, 2.24) is 5.32 Å². The topological polar surface area (TPSA) is 29.1 Å². The number of hydrogen-bond donors (Lipinski definition) is 1. The van der Waals surface area contributed by atoms with Crippen molar-refractivity contribution in [2.24, 2.45) is 0 Å². The monoisotopic (exact) mass is 353 g/mol. The van der Waals surface area contributed by atoms with Gasteiger partial charge in [-0.3, -0.25) is 4.79 Å². The fourth-order valence-electron chi connectivity index (χ4n) is 1.96. The number of halogens is 3. The van der Waals surface area contributed by atoms with Gasteiger partial charge in [0.15, 0.2) is 0 Å². The number of nitrogens with one attached hydrogen (secondary N) is 1. The Balaban J connectivity index is 2.20. The largest absolute Gasteiger partial charge is 0.345 e. The summed E-state index contributed by atoms with van der Waals surface area (Å²) in [6.45, 7) is 3.29. The quantitative estimate of drug-likeness (QED) is 0.862. The Morgan fingerprint density at radius 3 is 2.57 bits per heavy atom. The highest BCUT2D eigenvalue weighted by Crippen LogP contribution is 2.19. The van der Waals surface area contributed by atoms with E-state index in [0.717, 1.165) is 16.1 Å². The number of aryl methyl sites for hydroxylation is 1. The minimum atomic E-state index is -0.864. The van der Waals surface area contributed by atoms with Crippen molar-refractivity contribution in [3.05, 3.63) is 69.2 Å². The summed E-state index contributed by atoms with van der Waals surface area (Å²) >= 11 is 3.36. The maximum atomic E-state index is 13.7. The van der Waals surface area contributed by atoms with E-state index in [9.17, 15) is 13.6 Å². The predicted molar refractivity (Wildman–Crippen MR) is 81.1 cm³/mol. The average Bonchev–Trinajstić information content (AvgIpc) is 2.42. The van der Waals surface area contributed by atoms with Crippen LogP contribution in [0.5, 0.6) is 0 Å². The van der Waals surface area contributed by atoms with Crippen LogP contribution in [0.15, 0.2) is 40.9 Å². The average molecular weight is 354 g/mol. The molecular formula is C16H14BrF2NO. The second-order valence-electron chi connectivity index (χ2n) is 4.83. The molecule has 0 aliphatic carbocycles. The molecule has 21 heavy (non-hydrogen) atoms. The molecule has 0 spiro atoms. The van der Waals surface area contributed by atoms with Gasteiger partial charge in [-0.2, -0.15) is 0 Å². The number of benzene rings is 2. The van der Waals surface area contributed by atoms with Gasteiger partial charge in [0.05, 0.1) is 11.6 Å². The molecule has 0 saturated heterocycles. The van der Waals surface area contributed by atoms with Crippen LogP contribution in [-0.4, -0.2) is 5.91 Å². The van der Waals surface area contributed by atoms with Gasteiger partial charge in [-0.1, -0.05) is 28.1 Å². The molecule has 1 unspecified atom stereocenters. The third-order valence-corrected chi connectivity index (χ3v) is 3.68. The molecule has 0 bridgehead atoms. The molecule has 2 rings (SSSR count). The third kappa shape index (κ3) is 3.67. The highest BCUT2D eigenvalue weighted by molar-refractivity contribution is 9.10. The Hall–Kier alpha value is -1.75. The number of rotatable bonds is 3. The second-order valence-corrected chi connectivity index (χ2v) is 5.75. The molecule has 2 nitrogen and oxygen atoms in total. The summed E-state index contributed by atoms with van der Waals surface area (Å²) in [6.07, 6.45) is 0. The molecule has 0 saturated carbocycles. The first kappa shape index (κ1) is 15.6. The van der Waals surface area contributed by atoms with E-state index in [1.54, 1.807) is 6.92 Å². The first-order chi connectivity index (χ1) is 9.88. The van der Waals surface area contributed by atoms with Crippen LogP contribution in [-0.2, 0) is 0 Å². The van der Waals surface area contributed by atoms with Gasteiger partial charge in [0.1, 0.15) is 11.6 Å². The van der Waals surface area contributed by atoms with E-state index in [1.807, 2.05) is 24.3 Å². The molecule has 5 heteroatoms. The maximum absolute atomic E-state index is 13.7. The lowest BCUT2D eigenvalue weighted by Crippen LogP contribution is -2.27. The Kier molecular flexibility index (Phi) is 4.73. The van der Waals surface area contributed by atoms with Crippen LogP contribution in [0.25, 0.3) is 0 Å². The Morgan fingerprint density at radius 2 is 1.90 bits per heavy atom. The normalized spacial score (nSPS) is 12.0. The summed E-state index contributed by atoms with van der Waals surface area (Å²) in [4.78, 5) is 12.1. The van der Waals surface area contributed by atoms with Crippen LogP contribution in [0, 0.1) is 18.6 Å². The molecule has 0 radical (unpaired) electrons. The molecule has 2 aromatic carbocycles. The van der Waals surface area contributed by atoms with Crippen molar-refractivity contribution in [3.63, 3.8) is 0 Å². The molecule has 0 fully saturated rings. The van der Waals surface area contributed by atoms with Crippen molar-refractivity contribution >= 4 is 21.8 Å². The molecule has 1 amide bonds. The zero-order chi connectivity index (χ0) is 15.6. The van der Waals surface area contributed by atoms with Gasteiger partial charge in [0.25, 0.3) is 5.91 Å². The lowest BCUT2D eigenvalue weighted by Gasteiger charge is -2.15. The van der Waals surface area contributed by atoms with Crippen molar-refractivity contribution in [2.75, 3.05) is 0 Å². The molecule has 110 valence electrons. The summed E-state index contributed by atoms with van der Waals surface area (Å²) in [6, 6.07) is 9.12. The van der Waals surface area contributed by atoms with Gasteiger partial charge in [-0.05, 0) is 43.2 Å². The van der Waals surface area contributed by atoms with E-state index in [4.69, 9.17) is 0 Å². The molecule has 1 atom stereocenters. The SMILES string of the molecule is Cc1cc(C(=O)NC(C)c2cccc(Br)c2)c(F)cc1F. The van der Waals surface area contributed by atoms with Crippen LogP contribution in [0.4, 0.5) is 8.78 Å². The minimum absolute atomic E-state index is 0.157. The van der Waals surface area contributed by atoms with Crippen LogP contribution in [0.2, 0.25) is 0 Å². The Bertz CT molecular complexity index is 688. The van der Waals surface area contributed by atoms with Gasteiger partial charge < -0.3 is 5.32 Å². The van der Waals surface area contributed by atoms with E-state index in [1.165, 1.54) is 13.0 Å². The van der Waals surface area contributed by atoms with Crippen molar-refractivity contribution in [3.8, 4) is 0 Å². The number of carbonyl (C=O) groups excluding carboxylic acids is 1. The summed E-state index contributed by atoms with van der Waals surface area (Å²) in [5.41, 5.74) is 0.962.